The molecule has 7 heteroatoms. The molecule has 2 aromatic carbocycles. The molecule has 0 radical (unpaired) electrons. The third-order valence-corrected chi connectivity index (χ3v) is 6.97. The third-order valence-electron chi connectivity index (χ3n) is 6.97. The van der Waals surface area contributed by atoms with E-state index in [1.165, 1.54) is 0 Å². The smallest absolute Gasteiger partial charge is 0.254 e. The highest BCUT2D eigenvalue weighted by Crippen LogP contribution is 2.35. The van der Waals surface area contributed by atoms with E-state index in [-0.39, 0.29) is 29.7 Å². The molecular weight excluding hydrogens is 418 g/mol. The standard InChI is InChI=1S/C26H31N3O4/c1-15-5-8-19(13-23(15)33-4)28-25(31)17-6-9-20(10-7-17)29-14-22-16(2)11-18(24(30)27-3)12-21(22)26(29)32/h5,8,11-13,17,20H,6-7,9-10,14H2,1-4H3,(H,27,30)(H,28,31). The van der Waals surface area contributed by atoms with E-state index >= 15 is 0 Å². The van der Waals surface area contributed by atoms with Crippen LogP contribution in [0.5, 0.6) is 5.75 Å². The van der Waals surface area contributed by atoms with Gasteiger partial charge in [0.05, 0.1) is 7.11 Å². The van der Waals surface area contributed by atoms with E-state index in [0.29, 0.717) is 17.7 Å². The van der Waals surface area contributed by atoms with Crippen molar-refractivity contribution in [2.45, 2.75) is 52.1 Å². The van der Waals surface area contributed by atoms with Crippen molar-refractivity contribution in [1.82, 2.24) is 10.2 Å². The van der Waals surface area contributed by atoms with Gasteiger partial charge < -0.3 is 20.3 Å². The molecule has 1 fully saturated rings. The van der Waals surface area contributed by atoms with Gasteiger partial charge in [-0.15, -0.1) is 0 Å². The zero-order chi connectivity index (χ0) is 23.7. The maximum atomic E-state index is 13.2. The number of anilines is 1. The van der Waals surface area contributed by atoms with Gasteiger partial charge in [0.1, 0.15) is 5.75 Å². The van der Waals surface area contributed by atoms with Gasteiger partial charge in [0.25, 0.3) is 11.8 Å². The number of nitrogens with one attached hydrogen (secondary N) is 2. The van der Waals surface area contributed by atoms with Crippen LogP contribution in [0, 0.1) is 19.8 Å². The van der Waals surface area contributed by atoms with Gasteiger partial charge in [0.15, 0.2) is 0 Å². The van der Waals surface area contributed by atoms with E-state index in [1.807, 2.05) is 43.0 Å². The molecule has 0 aromatic heterocycles. The SMILES string of the molecule is CNC(=O)c1cc(C)c2c(c1)C(=O)N(C1CCC(C(=O)Nc3ccc(C)c(OC)c3)CC1)C2. The Balaban J connectivity index is 1.39. The van der Waals surface area contributed by atoms with E-state index in [9.17, 15) is 14.4 Å². The Labute approximate surface area is 194 Å². The van der Waals surface area contributed by atoms with Gasteiger partial charge in [-0.3, -0.25) is 14.4 Å². The number of benzene rings is 2. The predicted octanol–water partition coefficient (Wildman–Crippen LogP) is 3.82. The second-order valence-electron chi connectivity index (χ2n) is 9.01. The van der Waals surface area contributed by atoms with Crippen molar-refractivity contribution in [2.24, 2.45) is 5.92 Å². The van der Waals surface area contributed by atoms with Crippen molar-refractivity contribution in [2.75, 3.05) is 19.5 Å². The molecule has 2 N–H and O–H groups in total. The Kier molecular flexibility index (Phi) is 6.40. The first-order chi connectivity index (χ1) is 15.8. The minimum atomic E-state index is -0.190. The molecule has 1 aliphatic heterocycles. The number of hydrogen-bond donors (Lipinski definition) is 2. The molecule has 3 amide bonds. The molecule has 0 unspecified atom stereocenters. The lowest BCUT2D eigenvalue weighted by molar-refractivity contribution is -0.121. The molecule has 0 spiro atoms. The van der Waals surface area contributed by atoms with Crippen LogP contribution in [0.25, 0.3) is 0 Å². The Hall–Kier alpha value is -3.35. The second kappa shape index (κ2) is 9.25. The van der Waals surface area contributed by atoms with Crippen LogP contribution in [-0.4, -0.2) is 42.8 Å². The quantitative estimate of drug-likeness (QED) is 0.726. The van der Waals surface area contributed by atoms with Crippen LogP contribution in [0.3, 0.4) is 0 Å². The van der Waals surface area contributed by atoms with Crippen LogP contribution < -0.4 is 15.4 Å². The van der Waals surface area contributed by atoms with Crippen molar-refractivity contribution in [1.29, 1.82) is 0 Å². The Morgan fingerprint density at radius 3 is 2.42 bits per heavy atom. The fraction of sp³-hybridized carbons (Fsp3) is 0.423. The number of fused-ring (bicyclic) bond motifs is 1. The number of rotatable bonds is 5. The minimum absolute atomic E-state index is 0.0152. The molecule has 0 saturated heterocycles. The zero-order valence-corrected chi connectivity index (χ0v) is 19.7. The summed E-state index contributed by atoms with van der Waals surface area (Å²) in [5, 5.41) is 5.64. The van der Waals surface area contributed by atoms with Gasteiger partial charge >= 0.3 is 0 Å². The van der Waals surface area contributed by atoms with E-state index in [2.05, 4.69) is 10.6 Å². The summed E-state index contributed by atoms with van der Waals surface area (Å²) in [7, 11) is 3.21. The summed E-state index contributed by atoms with van der Waals surface area (Å²) < 4.78 is 5.34. The molecule has 1 heterocycles. The van der Waals surface area contributed by atoms with Crippen molar-refractivity contribution < 1.29 is 19.1 Å². The van der Waals surface area contributed by atoms with Crippen molar-refractivity contribution in [3.05, 3.63) is 58.1 Å². The number of ether oxygens (including phenoxy) is 1. The fourth-order valence-corrected chi connectivity index (χ4v) is 4.98. The van der Waals surface area contributed by atoms with Crippen LogP contribution >= 0.6 is 0 Å². The number of hydrogen-bond acceptors (Lipinski definition) is 4. The highest BCUT2D eigenvalue weighted by atomic mass is 16.5. The summed E-state index contributed by atoms with van der Waals surface area (Å²) in [5.74, 6) is 0.485. The highest BCUT2D eigenvalue weighted by molar-refractivity contribution is 6.03. The molecule has 1 saturated carbocycles. The Morgan fingerprint density at radius 2 is 1.76 bits per heavy atom. The van der Waals surface area contributed by atoms with Gasteiger partial charge in [-0.1, -0.05) is 6.07 Å². The molecule has 1 aliphatic carbocycles. The average molecular weight is 450 g/mol. The molecule has 2 aromatic rings. The molecular formula is C26H31N3O4. The number of methoxy groups -OCH3 is 1. The van der Waals surface area contributed by atoms with E-state index in [0.717, 1.165) is 53.8 Å². The maximum Gasteiger partial charge on any atom is 0.254 e. The minimum Gasteiger partial charge on any atom is -0.496 e. The zero-order valence-electron chi connectivity index (χ0n) is 19.7. The molecule has 7 nitrogen and oxygen atoms in total. The molecule has 4 rings (SSSR count). The van der Waals surface area contributed by atoms with Gasteiger partial charge in [-0.05, 0) is 74.4 Å². The molecule has 174 valence electrons. The van der Waals surface area contributed by atoms with Gasteiger partial charge in [-0.25, -0.2) is 0 Å². The number of nitrogens with zero attached hydrogens (tertiary/aromatic N) is 1. The number of aryl methyl sites for hydroxylation is 2. The first-order valence-corrected chi connectivity index (χ1v) is 11.4. The van der Waals surface area contributed by atoms with Gasteiger partial charge in [0.2, 0.25) is 5.91 Å². The molecule has 0 atom stereocenters. The number of carbonyl (C=O) groups is 3. The summed E-state index contributed by atoms with van der Waals surface area (Å²) in [5.41, 5.74) is 4.85. The summed E-state index contributed by atoms with van der Waals surface area (Å²) in [6, 6.07) is 9.31. The monoisotopic (exact) mass is 449 g/mol. The van der Waals surface area contributed by atoms with Crippen LogP contribution in [0.1, 0.15) is 63.1 Å². The summed E-state index contributed by atoms with van der Waals surface area (Å²) in [4.78, 5) is 40.0. The summed E-state index contributed by atoms with van der Waals surface area (Å²) in [6.45, 7) is 4.48. The predicted molar refractivity (Wildman–Crippen MR) is 127 cm³/mol. The molecule has 33 heavy (non-hydrogen) atoms. The molecule has 0 bridgehead atoms. The average Bonchev–Trinajstić information content (AvgIpc) is 3.16. The van der Waals surface area contributed by atoms with E-state index < -0.39 is 0 Å². The highest BCUT2D eigenvalue weighted by Gasteiger charge is 2.37. The van der Waals surface area contributed by atoms with Crippen LogP contribution in [-0.2, 0) is 11.3 Å². The summed E-state index contributed by atoms with van der Waals surface area (Å²) >= 11 is 0. The number of carbonyl (C=O) groups excluding carboxylic acids is 3. The van der Waals surface area contributed by atoms with Crippen LogP contribution in [0.2, 0.25) is 0 Å². The fourth-order valence-electron chi connectivity index (χ4n) is 4.98. The number of amides is 3. The van der Waals surface area contributed by atoms with E-state index in [4.69, 9.17) is 4.74 Å². The lowest BCUT2D eigenvalue weighted by Crippen LogP contribution is -2.40. The Bertz CT molecular complexity index is 1100. The van der Waals surface area contributed by atoms with Crippen molar-refractivity contribution in [3.8, 4) is 5.75 Å². The van der Waals surface area contributed by atoms with Crippen LogP contribution in [0.15, 0.2) is 30.3 Å². The first-order valence-electron chi connectivity index (χ1n) is 11.4. The van der Waals surface area contributed by atoms with Gasteiger partial charge in [-0.2, -0.15) is 0 Å². The Morgan fingerprint density at radius 1 is 1.03 bits per heavy atom. The van der Waals surface area contributed by atoms with Gasteiger partial charge in [0, 0.05) is 48.4 Å². The lowest BCUT2D eigenvalue weighted by Gasteiger charge is -2.34. The van der Waals surface area contributed by atoms with Crippen LogP contribution in [0.4, 0.5) is 5.69 Å². The summed E-state index contributed by atoms with van der Waals surface area (Å²) in [6.07, 6.45) is 3.05. The maximum absolute atomic E-state index is 13.2. The topological polar surface area (TPSA) is 87.7 Å². The lowest BCUT2D eigenvalue weighted by atomic mass is 9.84. The molecule has 2 aliphatic rings. The van der Waals surface area contributed by atoms with Crippen molar-refractivity contribution in [3.63, 3.8) is 0 Å². The first kappa shape index (κ1) is 22.8. The third kappa shape index (κ3) is 4.45. The normalized spacial score (nSPS) is 19.8. The second-order valence-corrected chi connectivity index (χ2v) is 9.01. The van der Waals surface area contributed by atoms with Crippen molar-refractivity contribution >= 4 is 23.4 Å². The van der Waals surface area contributed by atoms with E-state index in [1.54, 1.807) is 20.2 Å². The largest absolute Gasteiger partial charge is 0.496 e.